The number of epoxide rings is 1. The summed E-state index contributed by atoms with van der Waals surface area (Å²) >= 11 is 0. The van der Waals surface area contributed by atoms with E-state index in [9.17, 15) is 14.7 Å². The highest BCUT2D eigenvalue weighted by Crippen LogP contribution is 2.60. The molecule has 1 spiro atoms. The molecule has 0 amide bonds. The molecule has 4 rings (SSSR count). The van der Waals surface area contributed by atoms with Gasteiger partial charge in [-0.2, -0.15) is 0 Å². The van der Waals surface area contributed by atoms with Crippen LogP contribution in [-0.4, -0.2) is 47.6 Å². The van der Waals surface area contributed by atoms with Crippen molar-refractivity contribution < 1.29 is 28.9 Å². The molecule has 4 fully saturated rings. The molecule has 2 saturated carbocycles. The van der Waals surface area contributed by atoms with Gasteiger partial charge in [0, 0.05) is 17.9 Å². The van der Waals surface area contributed by atoms with Crippen LogP contribution in [0.4, 0.5) is 0 Å². The molecule has 0 aromatic rings. The summed E-state index contributed by atoms with van der Waals surface area (Å²) < 4.78 is 17.0. The van der Waals surface area contributed by atoms with E-state index in [0.717, 1.165) is 5.57 Å². The molecule has 0 radical (unpaired) electrons. The van der Waals surface area contributed by atoms with Crippen LogP contribution in [0.25, 0.3) is 0 Å². The van der Waals surface area contributed by atoms with Crippen LogP contribution in [0, 0.1) is 23.7 Å². The van der Waals surface area contributed by atoms with Crippen molar-refractivity contribution in [1.29, 1.82) is 0 Å². The van der Waals surface area contributed by atoms with Gasteiger partial charge in [0.1, 0.15) is 17.8 Å². The molecular formula is C19H24O6. The lowest BCUT2D eigenvalue weighted by molar-refractivity contribution is -0.157. The first-order valence-electron chi connectivity index (χ1n) is 8.86. The van der Waals surface area contributed by atoms with Gasteiger partial charge in [0.25, 0.3) is 0 Å². The van der Waals surface area contributed by atoms with Crippen molar-refractivity contribution in [2.75, 3.05) is 6.61 Å². The number of aliphatic hydroxyl groups is 1. The van der Waals surface area contributed by atoms with Gasteiger partial charge in [-0.3, -0.25) is 4.79 Å². The molecule has 2 aliphatic heterocycles. The standard InChI is InChI=1S/C19H24O6/c1-8(2)17(21)24-12-5-9(3)11-6-13(20)19(7-23-19)15(11)16-14(12)10(4)18(22)25-16/h8,11-16,20H,3-7H2,1-2H3/t11-,12-,13-,14+,15-,16-,19+/m0/s1. The van der Waals surface area contributed by atoms with Gasteiger partial charge in [0.05, 0.1) is 24.5 Å². The van der Waals surface area contributed by atoms with E-state index in [1.54, 1.807) is 13.8 Å². The Bertz CT molecular complexity index is 661. The highest BCUT2D eigenvalue weighted by atomic mass is 16.6. The van der Waals surface area contributed by atoms with Gasteiger partial charge in [-0.25, -0.2) is 4.79 Å². The molecule has 2 heterocycles. The van der Waals surface area contributed by atoms with Crippen LogP contribution in [0.1, 0.15) is 26.7 Å². The third-order valence-corrected chi connectivity index (χ3v) is 6.26. The van der Waals surface area contributed by atoms with Gasteiger partial charge in [-0.15, -0.1) is 0 Å². The van der Waals surface area contributed by atoms with E-state index in [4.69, 9.17) is 14.2 Å². The van der Waals surface area contributed by atoms with Crippen molar-refractivity contribution >= 4 is 11.9 Å². The lowest BCUT2D eigenvalue weighted by atomic mass is 9.78. The van der Waals surface area contributed by atoms with Crippen LogP contribution in [0.15, 0.2) is 24.3 Å². The summed E-state index contributed by atoms with van der Waals surface area (Å²) in [6.45, 7) is 12.1. The van der Waals surface area contributed by atoms with Gasteiger partial charge in [-0.1, -0.05) is 32.6 Å². The number of hydrogen-bond donors (Lipinski definition) is 1. The highest BCUT2D eigenvalue weighted by Gasteiger charge is 2.70. The zero-order valence-electron chi connectivity index (χ0n) is 14.6. The highest BCUT2D eigenvalue weighted by molar-refractivity contribution is 5.91. The van der Waals surface area contributed by atoms with Crippen molar-refractivity contribution in [3.05, 3.63) is 24.3 Å². The Balaban J connectivity index is 1.72. The lowest BCUT2D eigenvalue weighted by Crippen LogP contribution is -2.43. The first-order chi connectivity index (χ1) is 11.8. The number of carbonyl (C=O) groups excluding carboxylic acids is 2. The quantitative estimate of drug-likeness (QED) is 0.351. The van der Waals surface area contributed by atoms with Crippen LogP contribution in [-0.2, 0) is 23.8 Å². The molecule has 136 valence electrons. The zero-order chi connectivity index (χ0) is 18.1. The van der Waals surface area contributed by atoms with E-state index in [-0.39, 0.29) is 23.7 Å². The number of fused-ring (bicyclic) bond motifs is 4. The van der Waals surface area contributed by atoms with Crippen LogP contribution in [0.5, 0.6) is 0 Å². The second kappa shape index (κ2) is 5.42. The molecular weight excluding hydrogens is 324 g/mol. The fourth-order valence-electron chi connectivity index (χ4n) is 4.82. The zero-order valence-corrected chi connectivity index (χ0v) is 14.6. The lowest BCUT2D eigenvalue weighted by Gasteiger charge is -2.30. The monoisotopic (exact) mass is 348 g/mol. The van der Waals surface area contributed by atoms with E-state index in [1.807, 2.05) is 0 Å². The second-order valence-corrected chi connectivity index (χ2v) is 8.04. The average molecular weight is 348 g/mol. The minimum absolute atomic E-state index is 0.0218. The number of carbonyl (C=O) groups is 2. The summed E-state index contributed by atoms with van der Waals surface area (Å²) in [6.07, 6.45) is -0.651. The predicted octanol–water partition coefficient (Wildman–Crippen LogP) is 1.38. The van der Waals surface area contributed by atoms with E-state index in [2.05, 4.69) is 13.2 Å². The summed E-state index contributed by atoms with van der Waals surface area (Å²) in [6, 6.07) is 0. The van der Waals surface area contributed by atoms with Gasteiger partial charge in [0.2, 0.25) is 0 Å². The van der Waals surface area contributed by atoms with Gasteiger partial charge < -0.3 is 19.3 Å². The molecule has 0 aromatic heterocycles. The Hall–Kier alpha value is -1.66. The molecule has 2 saturated heterocycles. The van der Waals surface area contributed by atoms with Gasteiger partial charge in [-0.05, 0) is 12.3 Å². The minimum atomic E-state index is -0.668. The summed E-state index contributed by atoms with van der Waals surface area (Å²) in [4.78, 5) is 24.4. The van der Waals surface area contributed by atoms with Crippen molar-refractivity contribution in [1.82, 2.24) is 0 Å². The molecule has 6 heteroatoms. The van der Waals surface area contributed by atoms with Crippen LogP contribution in [0.2, 0.25) is 0 Å². The van der Waals surface area contributed by atoms with Crippen LogP contribution >= 0.6 is 0 Å². The predicted molar refractivity (Wildman–Crippen MR) is 87.3 cm³/mol. The maximum Gasteiger partial charge on any atom is 0.334 e. The minimum Gasteiger partial charge on any atom is -0.461 e. The Kier molecular flexibility index (Phi) is 3.64. The van der Waals surface area contributed by atoms with Crippen LogP contribution < -0.4 is 0 Å². The number of ether oxygens (including phenoxy) is 3. The SMILES string of the molecule is C=C1C(=O)O[C@H]2[C@H]1[C@@H](OC(=O)C(C)C)CC(=C)[C@@H]1C[C@H](O)[C@]3(CO3)[C@H]21. The van der Waals surface area contributed by atoms with E-state index < -0.39 is 35.8 Å². The Morgan fingerprint density at radius 1 is 1.40 bits per heavy atom. The van der Waals surface area contributed by atoms with E-state index >= 15 is 0 Å². The third-order valence-electron chi connectivity index (χ3n) is 6.26. The Morgan fingerprint density at radius 3 is 2.68 bits per heavy atom. The number of hydrogen-bond acceptors (Lipinski definition) is 6. The fourth-order valence-corrected chi connectivity index (χ4v) is 4.82. The first-order valence-corrected chi connectivity index (χ1v) is 8.86. The molecule has 0 bridgehead atoms. The van der Waals surface area contributed by atoms with E-state index in [0.29, 0.717) is 25.0 Å². The summed E-state index contributed by atoms with van der Waals surface area (Å²) in [5.74, 6) is -1.65. The van der Waals surface area contributed by atoms with Gasteiger partial charge >= 0.3 is 11.9 Å². The molecule has 0 aromatic carbocycles. The van der Waals surface area contributed by atoms with Crippen molar-refractivity contribution in [2.24, 2.45) is 23.7 Å². The maximum absolute atomic E-state index is 12.2. The summed E-state index contributed by atoms with van der Waals surface area (Å²) in [7, 11) is 0. The first kappa shape index (κ1) is 16.8. The number of esters is 2. The Labute approximate surface area is 146 Å². The van der Waals surface area contributed by atoms with Crippen molar-refractivity contribution in [2.45, 2.75) is 50.6 Å². The fraction of sp³-hybridized carbons (Fsp3) is 0.684. The topological polar surface area (TPSA) is 85.4 Å². The average Bonchev–Trinajstić information content (AvgIpc) is 3.22. The molecule has 0 unspecified atom stereocenters. The molecule has 1 N–H and O–H groups in total. The van der Waals surface area contributed by atoms with Crippen molar-refractivity contribution in [3.63, 3.8) is 0 Å². The molecule has 6 nitrogen and oxygen atoms in total. The molecule has 2 aliphatic carbocycles. The normalized spacial score (nSPS) is 45.2. The maximum atomic E-state index is 12.2. The van der Waals surface area contributed by atoms with E-state index in [1.165, 1.54) is 0 Å². The smallest absolute Gasteiger partial charge is 0.334 e. The third kappa shape index (κ3) is 2.30. The summed E-state index contributed by atoms with van der Waals surface area (Å²) in [5.41, 5.74) is 0.576. The Morgan fingerprint density at radius 2 is 2.08 bits per heavy atom. The largest absolute Gasteiger partial charge is 0.461 e. The second-order valence-electron chi connectivity index (χ2n) is 8.04. The molecule has 25 heavy (non-hydrogen) atoms. The number of rotatable bonds is 2. The summed E-state index contributed by atoms with van der Waals surface area (Å²) in [5, 5.41) is 10.5. The van der Waals surface area contributed by atoms with Crippen LogP contribution in [0.3, 0.4) is 0 Å². The van der Waals surface area contributed by atoms with Gasteiger partial charge in [0.15, 0.2) is 0 Å². The molecule has 4 aliphatic rings. The van der Waals surface area contributed by atoms with Crippen molar-refractivity contribution in [3.8, 4) is 0 Å². The number of aliphatic hydroxyl groups excluding tert-OH is 1. The molecule has 7 atom stereocenters.